The summed E-state index contributed by atoms with van der Waals surface area (Å²) in [6.45, 7) is 7.43. The molecule has 1 amide bonds. The van der Waals surface area contributed by atoms with Crippen LogP contribution in [-0.2, 0) is 0 Å². The first kappa shape index (κ1) is 14.7. The zero-order valence-electron chi connectivity index (χ0n) is 12.0. The molecule has 1 atom stereocenters. The van der Waals surface area contributed by atoms with Crippen molar-refractivity contribution in [3.8, 4) is 0 Å². The van der Waals surface area contributed by atoms with Crippen LogP contribution in [0.5, 0.6) is 0 Å². The van der Waals surface area contributed by atoms with E-state index < -0.39 is 5.82 Å². The first-order valence-electron chi connectivity index (χ1n) is 7.01. The first-order valence-corrected chi connectivity index (χ1v) is 7.01. The highest BCUT2D eigenvalue weighted by atomic mass is 19.1. The van der Waals surface area contributed by atoms with Crippen LogP contribution in [0.1, 0.15) is 30.6 Å². The Morgan fingerprint density at radius 3 is 2.90 bits per heavy atom. The van der Waals surface area contributed by atoms with Gasteiger partial charge in [0.2, 0.25) is 0 Å². The van der Waals surface area contributed by atoms with Crippen molar-refractivity contribution in [2.24, 2.45) is 0 Å². The van der Waals surface area contributed by atoms with E-state index in [0.29, 0.717) is 19.1 Å². The van der Waals surface area contributed by atoms with Gasteiger partial charge in [0.1, 0.15) is 0 Å². The fourth-order valence-corrected chi connectivity index (χ4v) is 2.76. The van der Waals surface area contributed by atoms with Crippen molar-refractivity contribution in [3.05, 3.63) is 23.6 Å². The van der Waals surface area contributed by atoms with E-state index in [2.05, 4.69) is 23.7 Å². The number of nitrogen functional groups attached to an aromatic ring is 1. The summed E-state index contributed by atoms with van der Waals surface area (Å²) in [6.07, 6.45) is 2.29. The molecular weight excluding hydrogens is 259 g/mol. The smallest absolute Gasteiger partial charge is 0.257 e. The van der Waals surface area contributed by atoms with E-state index in [4.69, 9.17) is 5.73 Å². The zero-order chi connectivity index (χ0) is 14.7. The Hall–Kier alpha value is -1.69. The maximum Gasteiger partial charge on any atom is 0.257 e. The van der Waals surface area contributed by atoms with Gasteiger partial charge >= 0.3 is 0 Å². The van der Waals surface area contributed by atoms with Crippen LogP contribution in [0.3, 0.4) is 0 Å². The van der Waals surface area contributed by atoms with Gasteiger partial charge in [0, 0.05) is 25.3 Å². The predicted molar refractivity (Wildman–Crippen MR) is 75.8 cm³/mol. The lowest BCUT2D eigenvalue weighted by Gasteiger charge is -2.26. The van der Waals surface area contributed by atoms with Gasteiger partial charge in [-0.05, 0) is 25.6 Å². The summed E-state index contributed by atoms with van der Waals surface area (Å²) >= 11 is 0. The van der Waals surface area contributed by atoms with Crippen molar-refractivity contribution in [3.63, 3.8) is 0 Å². The number of nitrogens with zero attached hydrogens (tertiary/aromatic N) is 3. The molecule has 1 unspecified atom stereocenters. The van der Waals surface area contributed by atoms with Gasteiger partial charge in [-0.3, -0.25) is 9.69 Å². The molecular formula is C14H21FN4O. The number of hydrogen-bond donors (Lipinski definition) is 1. The third-order valence-corrected chi connectivity index (χ3v) is 3.93. The van der Waals surface area contributed by atoms with Gasteiger partial charge in [-0.15, -0.1) is 0 Å². The summed E-state index contributed by atoms with van der Waals surface area (Å²) in [7, 11) is 0. The quantitative estimate of drug-likeness (QED) is 0.904. The molecule has 2 heterocycles. The van der Waals surface area contributed by atoms with Crippen LogP contribution in [0.25, 0.3) is 0 Å². The maximum atomic E-state index is 13.8. The van der Waals surface area contributed by atoms with Crippen LogP contribution in [0.15, 0.2) is 12.3 Å². The van der Waals surface area contributed by atoms with Crippen LogP contribution >= 0.6 is 0 Å². The number of halogens is 1. The molecule has 5 nitrogen and oxygen atoms in total. The van der Waals surface area contributed by atoms with Gasteiger partial charge in [-0.2, -0.15) is 0 Å². The van der Waals surface area contributed by atoms with Crippen LogP contribution < -0.4 is 5.73 Å². The molecule has 0 bridgehead atoms. The van der Waals surface area contributed by atoms with Crippen molar-refractivity contribution < 1.29 is 9.18 Å². The Morgan fingerprint density at radius 2 is 2.25 bits per heavy atom. The molecule has 0 spiro atoms. The Kier molecular flexibility index (Phi) is 4.54. The number of amides is 1. The minimum Gasteiger partial charge on any atom is -0.381 e. The monoisotopic (exact) mass is 280 g/mol. The molecule has 20 heavy (non-hydrogen) atoms. The molecule has 0 aliphatic carbocycles. The Morgan fingerprint density at radius 1 is 1.55 bits per heavy atom. The van der Waals surface area contributed by atoms with E-state index in [1.807, 2.05) is 0 Å². The number of pyridine rings is 1. The van der Waals surface area contributed by atoms with Crippen molar-refractivity contribution in [2.45, 2.75) is 26.3 Å². The molecule has 0 saturated carbocycles. The molecule has 0 aromatic carbocycles. The highest BCUT2D eigenvalue weighted by Gasteiger charge is 2.31. The van der Waals surface area contributed by atoms with E-state index in [1.165, 1.54) is 12.3 Å². The second-order valence-electron chi connectivity index (χ2n) is 4.97. The van der Waals surface area contributed by atoms with Gasteiger partial charge in [-0.1, -0.05) is 13.8 Å². The number of rotatable bonds is 4. The molecule has 110 valence electrons. The number of anilines is 1. The van der Waals surface area contributed by atoms with E-state index >= 15 is 0 Å². The number of carbonyl (C=O) groups excluding carboxylic acids is 1. The van der Waals surface area contributed by atoms with E-state index in [0.717, 1.165) is 19.5 Å². The van der Waals surface area contributed by atoms with E-state index in [-0.39, 0.29) is 17.3 Å². The van der Waals surface area contributed by atoms with Gasteiger partial charge < -0.3 is 10.6 Å². The van der Waals surface area contributed by atoms with E-state index in [9.17, 15) is 9.18 Å². The highest BCUT2D eigenvalue weighted by molar-refractivity contribution is 5.95. The third-order valence-electron chi connectivity index (χ3n) is 3.93. The third kappa shape index (κ3) is 2.75. The predicted octanol–water partition coefficient (Wildman–Crippen LogP) is 1.36. The fraction of sp³-hybridized carbons (Fsp3) is 0.571. The van der Waals surface area contributed by atoms with Crippen molar-refractivity contribution in [2.75, 3.05) is 31.9 Å². The topological polar surface area (TPSA) is 62.5 Å². The van der Waals surface area contributed by atoms with Crippen LogP contribution in [0, 0.1) is 5.82 Å². The van der Waals surface area contributed by atoms with Gasteiger partial charge in [-0.25, -0.2) is 9.37 Å². The van der Waals surface area contributed by atoms with Crippen molar-refractivity contribution >= 4 is 11.7 Å². The minimum atomic E-state index is -0.719. The molecule has 1 aliphatic rings. The number of aromatic nitrogens is 1. The number of likely N-dealkylation sites (tertiary alicyclic amines) is 1. The zero-order valence-corrected chi connectivity index (χ0v) is 12.0. The molecule has 2 N–H and O–H groups in total. The second-order valence-corrected chi connectivity index (χ2v) is 4.97. The SMILES string of the molecule is CCN(CC)C1CCN(C(=O)c2ccnc(N)c2F)C1. The lowest BCUT2D eigenvalue weighted by molar-refractivity contribution is 0.0773. The lowest BCUT2D eigenvalue weighted by atomic mass is 10.2. The number of carbonyl (C=O) groups is 1. The lowest BCUT2D eigenvalue weighted by Crippen LogP contribution is -2.38. The van der Waals surface area contributed by atoms with Gasteiger partial charge in [0.05, 0.1) is 5.56 Å². The molecule has 1 aromatic heterocycles. The molecule has 1 aliphatic heterocycles. The summed E-state index contributed by atoms with van der Waals surface area (Å²) in [5.74, 6) is -1.25. The van der Waals surface area contributed by atoms with Gasteiger partial charge in [0.25, 0.3) is 5.91 Å². The molecule has 6 heteroatoms. The van der Waals surface area contributed by atoms with Crippen molar-refractivity contribution in [1.29, 1.82) is 0 Å². The summed E-state index contributed by atoms with van der Waals surface area (Å²) in [4.78, 5) is 20.0. The second kappa shape index (κ2) is 6.17. The fourth-order valence-electron chi connectivity index (χ4n) is 2.76. The van der Waals surface area contributed by atoms with Crippen LogP contribution in [0.2, 0.25) is 0 Å². The minimum absolute atomic E-state index is 0.0118. The van der Waals surface area contributed by atoms with Crippen LogP contribution in [-0.4, -0.2) is 52.9 Å². The Balaban J connectivity index is 2.10. The average Bonchev–Trinajstić information content (AvgIpc) is 2.92. The normalized spacial score (nSPS) is 18.8. The largest absolute Gasteiger partial charge is 0.381 e. The molecule has 0 radical (unpaired) electrons. The summed E-state index contributed by atoms with van der Waals surface area (Å²) in [5, 5.41) is 0. The molecule has 1 saturated heterocycles. The summed E-state index contributed by atoms with van der Waals surface area (Å²) < 4.78 is 13.8. The Labute approximate surface area is 118 Å². The Bertz CT molecular complexity index is 490. The summed E-state index contributed by atoms with van der Waals surface area (Å²) in [6, 6.07) is 1.75. The number of nitrogens with two attached hydrogens (primary N) is 1. The maximum absolute atomic E-state index is 13.8. The van der Waals surface area contributed by atoms with Gasteiger partial charge in [0.15, 0.2) is 11.6 Å². The van der Waals surface area contributed by atoms with E-state index in [1.54, 1.807) is 4.90 Å². The number of hydrogen-bond acceptors (Lipinski definition) is 4. The van der Waals surface area contributed by atoms with Crippen LogP contribution in [0.4, 0.5) is 10.2 Å². The first-order chi connectivity index (χ1) is 9.58. The van der Waals surface area contributed by atoms with Crippen molar-refractivity contribution in [1.82, 2.24) is 14.8 Å². The standard InChI is InChI=1S/C14H21FN4O/c1-3-18(4-2)10-6-8-19(9-10)14(20)11-5-7-17-13(16)12(11)15/h5,7,10H,3-4,6,8-9H2,1-2H3,(H2,16,17). The molecule has 2 rings (SSSR count). The summed E-state index contributed by atoms with van der Waals surface area (Å²) in [5.41, 5.74) is 5.42. The highest BCUT2D eigenvalue weighted by Crippen LogP contribution is 2.20. The molecule has 1 aromatic rings. The molecule has 1 fully saturated rings. The average molecular weight is 280 g/mol. The number of likely N-dealkylation sites (N-methyl/N-ethyl adjacent to an activating group) is 1.